The van der Waals surface area contributed by atoms with Crippen LogP contribution in [-0.4, -0.2) is 39.1 Å². The second kappa shape index (κ2) is 11.1. The molecule has 0 saturated carbocycles. The van der Waals surface area contributed by atoms with Crippen LogP contribution in [0.4, 0.5) is 0 Å². The van der Waals surface area contributed by atoms with E-state index in [9.17, 15) is 19.5 Å². The molecule has 3 heterocycles. The zero-order valence-corrected chi connectivity index (χ0v) is 24.8. The lowest BCUT2D eigenvalue weighted by Crippen LogP contribution is -2.29. The molecular weight excluding hydrogens is 552 g/mol. The smallest absolute Gasteiger partial charge is 0.309 e. The second-order valence-electron chi connectivity index (χ2n) is 11.2. The molecule has 0 aliphatic carbocycles. The number of carbonyl (C=O) groups excluding carboxylic acids is 2. The van der Waals surface area contributed by atoms with Crippen LogP contribution in [0.15, 0.2) is 48.0 Å². The number of thiazole rings is 1. The Morgan fingerprint density at radius 1 is 1.07 bits per heavy atom. The molecule has 1 aromatic carbocycles. The third-order valence-electron chi connectivity index (χ3n) is 6.53. The molecule has 3 aromatic heterocycles. The minimum atomic E-state index is -1.25. The number of fused-ring (bicyclic) bond motifs is 1. The van der Waals surface area contributed by atoms with E-state index in [1.807, 2.05) is 5.38 Å². The minimum Gasteiger partial charge on any atom is -0.487 e. The van der Waals surface area contributed by atoms with Gasteiger partial charge >= 0.3 is 5.97 Å². The Labute approximate surface area is 241 Å². The molecule has 4 aromatic rings. The van der Waals surface area contributed by atoms with Gasteiger partial charge < -0.3 is 19.0 Å². The van der Waals surface area contributed by atoms with E-state index >= 15 is 0 Å². The fraction of sp³-hybridized carbons (Fsp3) is 0.333. The normalized spacial score (nSPS) is 12.0. The van der Waals surface area contributed by atoms with Crippen molar-refractivity contribution in [2.24, 2.45) is 10.8 Å². The van der Waals surface area contributed by atoms with E-state index in [2.05, 4.69) is 4.98 Å². The van der Waals surface area contributed by atoms with E-state index in [0.717, 1.165) is 0 Å². The Morgan fingerprint density at radius 2 is 1.75 bits per heavy atom. The molecule has 4 rings (SSSR count). The van der Waals surface area contributed by atoms with Gasteiger partial charge in [-0.3, -0.25) is 14.4 Å². The van der Waals surface area contributed by atoms with Crippen molar-refractivity contribution in [3.8, 4) is 10.9 Å². The van der Waals surface area contributed by atoms with E-state index in [1.54, 1.807) is 88.7 Å². The van der Waals surface area contributed by atoms with Gasteiger partial charge in [-0.25, -0.2) is 4.98 Å². The Kier molecular flexibility index (Phi) is 8.10. The number of carboxylic acid groups (broad SMARTS) is 1. The SMILES string of the molecule is COc1nc(COc2ccn3c(C(=O)c4ccc(Cl)cc4)c(CC(C)(C)C(=O)O)c(C(=O)C(C)(C)C)c3c2)cs1. The van der Waals surface area contributed by atoms with Crippen molar-refractivity contribution in [1.82, 2.24) is 9.38 Å². The zero-order chi connectivity index (χ0) is 29.4. The summed E-state index contributed by atoms with van der Waals surface area (Å²) in [6.45, 7) is 8.71. The molecule has 8 nitrogen and oxygen atoms in total. The Bertz CT molecular complexity index is 1590. The fourth-order valence-corrected chi connectivity index (χ4v) is 5.03. The van der Waals surface area contributed by atoms with E-state index in [4.69, 9.17) is 21.1 Å². The molecule has 0 atom stereocenters. The third-order valence-corrected chi connectivity index (χ3v) is 7.63. The van der Waals surface area contributed by atoms with E-state index in [-0.39, 0.29) is 30.3 Å². The average Bonchev–Trinajstić information content (AvgIpc) is 3.47. The molecule has 40 heavy (non-hydrogen) atoms. The molecule has 0 aliphatic heterocycles. The van der Waals surface area contributed by atoms with Crippen LogP contribution >= 0.6 is 22.9 Å². The second-order valence-corrected chi connectivity index (χ2v) is 12.5. The summed E-state index contributed by atoms with van der Waals surface area (Å²) in [6.07, 6.45) is 1.64. The number of Topliss-reactive ketones (excluding diaryl/α,β-unsaturated/α-hetero) is 1. The lowest BCUT2D eigenvalue weighted by Gasteiger charge is -2.22. The first kappa shape index (κ1) is 29.3. The summed E-state index contributed by atoms with van der Waals surface area (Å²) in [4.78, 5) is 44.4. The van der Waals surface area contributed by atoms with Gasteiger partial charge in [-0.05, 0) is 56.2 Å². The monoisotopic (exact) mass is 582 g/mol. The maximum Gasteiger partial charge on any atom is 0.309 e. The maximum atomic E-state index is 14.0. The van der Waals surface area contributed by atoms with Crippen molar-refractivity contribution < 1.29 is 29.0 Å². The van der Waals surface area contributed by atoms with Gasteiger partial charge in [-0.1, -0.05) is 43.7 Å². The summed E-state index contributed by atoms with van der Waals surface area (Å²) in [5.74, 6) is -1.13. The number of methoxy groups -OCH3 is 1. The van der Waals surface area contributed by atoms with Crippen LogP contribution in [0.5, 0.6) is 10.9 Å². The lowest BCUT2D eigenvalue weighted by molar-refractivity contribution is -0.146. The van der Waals surface area contributed by atoms with Crippen molar-refractivity contribution >= 4 is 46.0 Å². The number of halogens is 1. The van der Waals surface area contributed by atoms with Gasteiger partial charge in [-0.15, -0.1) is 0 Å². The van der Waals surface area contributed by atoms with E-state index in [0.29, 0.717) is 43.9 Å². The van der Waals surface area contributed by atoms with Crippen LogP contribution in [0.25, 0.3) is 5.52 Å². The lowest BCUT2D eigenvalue weighted by atomic mass is 9.79. The van der Waals surface area contributed by atoms with Crippen LogP contribution in [-0.2, 0) is 17.8 Å². The Balaban J connectivity index is 1.94. The molecule has 1 N–H and O–H groups in total. The summed E-state index contributed by atoms with van der Waals surface area (Å²) < 4.78 is 12.8. The highest BCUT2D eigenvalue weighted by Crippen LogP contribution is 2.37. The predicted octanol–water partition coefficient (Wildman–Crippen LogP) is 6.75. The molecule has 10 heteroatoms. The number of ether oxygens (including phenoxy) is 2. The van der Waals surface area contributed by atoms with Crippen molar-refractivity contribution in [2.45, 2.75) is 47.6 Å². The van der Waals surface area contributed by atoms with Gasteiger partial charge in [0.15, 0.2) is 5.78 Å². The first-order valence-corrected chi connectivity index (χ1v) is 13.9. The van der Waals surface area contributed by atoms with Crippen LogP contribution in [0.1, 0.15) is 72.3 Å². The molecule has 210 valence electrons. The van der Waals surface area contributed by atoms with Gasteiger partial charge in [0, 0.05) is 39.2 Å². The number of carbonyl (C=O) groups is 3. The maximum absolute atomic E-state index is 14.0. The zero-order valence-electron chi connectivity index (χ0n) is 23.2. The van der Waals surface area contributed by atoms with Gasteiger partial charge in [0.25, 0.3) is 5.19 Å². The summed E-state index contributed by atoms with van der Waals surface area (Å²) in [5.41, 5.74) is 0.371. The number of nitrogens with zero attached hydrogens (tertiary/aromatic N) is 2. The number of benzene rings is 1. The van der Waals surface area contributed by atoms with Crippen molar-refractivity contribution in [2.75, 3.05) is 7.11 Å². The molecule has 0 saturated heterocycles. The summed E-state index contributed by atoms with van der Waals surface area (Å²) in [7, 11) is 1.55. The van der Waals surface area contributed by atoms with Gasteiger partial charge in [0.2, 0.25) is 5.78 Å². The molecule has 0 fully saturated rings. The number of hydrogen-bond donors (Lipinski definition) is 1. The van der Waals surface area contributed by atoms with Crippen LogP contribution in [0.2, 0.25) is 5.02 Å². The molecular formula is C30H31ClN2O6S. The highest BCUT2D eigenvalue weighted by Gasteiger charge is 2.37. The van der Waals surface area contributed by atoms with Gasteiger partial charge in [-0.2, -0.15) is 0 Å². The van der Waals surface area contributed by atoms with Gasteiger partial charge in [0.1, 0.15) is 12.4 Å². The highest BCUT2D eigenvalue weighted by molar-refractivity contribution is 7.11. The van der Waals surface area contributed by atoms with Crippen LogP contribution < -0.4 is 9.47 Å². The highest BCUT2D eigenvalue weighted by atomic mass is 35.5. The molecule has 0 aliphatic rings. The third kappa shape index (κ3) is 5.90. The van der Waals surface area contributed by atoms with Crippen LogP contribution in [0, 0.1) is 10.8 Å². The fourth-order valence-electron chi connectivity index (χ4n) is 4.28. The molecule has 0 spiro atoms. The number of aromatic nitrogens is 2. The molecule has 0 amide bonds. The molecule has 0 unspecified atom stereocenters. The van der Waals surface area contributed by atoms with Gasteiger partial charge in [0.05, 0.1) is 29.4 Å². The Hall–Kier alpha value is -3.69. The quantitative estimate of drug-likeness (QED) is 0.206. The minimum absolute atomic E-state index is 0.0371. The van der Waals surface area contributed by atoms with Crippen LogP contribution in [0.3, 0.4) is 0 Å². The molecule has 0 radical (unpaired) electrons. The number of aliphatic carboxylic acids is 1. The number of hydrogen-bond acceptors (Lipinski definition) is 7. The molecule has 0 bridgehead atoms. The number of rotatable bonds is 10. The van der Waals surface area contributed by atoms with E-state index < -0.39 is 16.8 Å². The first-order valence-electron chi connectivity index (χ1n) is 12.6. The summed E-state index contributed by atoms with van der Waals surface area (Å²) >= 11 is 7.41. The number of ketones is 2. The average molecular weight is 583 g/mol. The standard InChI is InChI=1S/C30H31ClN2O6S/c1-29(2,3)26(35)23-21(14-30(4,5)27(36)37)24(25(34)17-7-9-18(31)10-8-17)33-12-11-20(13-22(23)33)39-15-19-16-40-28(32-19)38-6/h7-13,16H,14-15H2,1-6H3,(H,36,37). The number of carboxylic acids is 1. The summed E-state index contributed by atoms with van der Waals surface area (Å²) in [5, 5.41) is 12.8. The predicted molar refractivity (Wildman–Crippen MR) is 154 cm³/mol. The van der Waals surface area contributed by atoms with Crippen molar-refractivity contribution in [3.63, 3.8) is 0 Å². The Morgan fingerprint density at radius 3 is 2.33 bits per heavy atom. The topological polar surface area (TPSA) is 107 Å². The number of pyridine rings is 1. The summed E-state index contributed by atoms with van der Waals surface area (Å²) in [6, 6.07) is 9.87. The van der Waals surface area contributed by atoms with Crippen molar-refractivity contribution in [3.05, 3.63) is 81.1 Å². The van der Waals surface area contributed by atoms with Crippen molar-refractivity contribution in [1.29, 1.82) is 0 Å². The van der Waals surface area contributed by atoms with E-state index in [1.165, 1.54) is 11.3 Å². The first-order chi connectivity index (χ1) is 18.7. The largest absolute Gasteiger partial charge is 0.487 e.